The smallest absolute Gasteiger partial charge is 0.391 e. The number of nitrogens with one attached hydrogen (secondary N) is 3. The highest BCUT2D eigenvalue weighted by molar-refractivity contribution is 5.89. The molecule has 218 valence electrons. The molecule has 2 saturated heterocycles. The van der Waals surface area contributed by atoms with Crippen molar-refractivity contribution in [1.29, 1.82) is 0 Å². The summed E-state index contributed by atoms with van der Waals surface area (Å²) in [5.41, 5.74) is 3.35. The van der Waals surface area contributed by atoms with Gasteiger partial charge in [-0.2, -0.15) is 13.2 Å². The molecule has 0 spiro atoms. The van der Waals surface area contributed by atoms with Crippen LogP contribution in [0.15, 0.2) is 42.5 Å². The largest absolute Gasteiger partial charge is 0.491 e. The molecular formula is C29H37F3N4O4. The van der Waals surface area contributed by atoms with Crippen molar-refractivity contribution in [3.63, 3.8) is 0 Å². The Hall–Kier alpha value is -3.47. The van der Waals surface area contributed by atoms with E-state index in [0.29, 0.717) is 45.1 Å². The maximum atomic E-state index is 13.2. The Morgan fingerprint density at radius 1 is 1.05 bits per heavy atom. The maximum Gasteiger partial charge on any atom is 0.391 e. The van der Waals surface area contributed by atoms with E-state index in [1.807, 2.05) is 47.4 Å². The first-order valence-corrected chi connectivity index (χ1v) is 13.7. The summed E-state index contributed by atoms with van der Waals surface area (Å²) in [6, 6.07) is 13.3. The summed E-state index contributed by atoms with van der Waals surface area (Å²) < 4.78 is 50.7. The van der Waals surface area contributed by atoms with Crippen LogP contribution in [0.4, 0.5) is 30.2 Å². The quantitative estimate of drug-likeness (QED) is 0.323. The number of piperidine rings is 1. The molecular weight excluding hydrogens is 525 g/mol. The van der Waals surface area contributed by atoms with Crippen molar-refractivity contribution in [2.45, 2.75) is 44.8 Å². The van der Waals surface area contributed by atoms with E-state index in [9.17, 15) is 22.8 Å². The lowest BCUT2D eigenvalue weighted by atomic mass is 9.96. The van der Waals surface area contributed by atoms with Gasteiger partial charge in [0.25, 0.3) is 0 Å². The molecule has 40 heavy (non-hydrogen) atoms. The second-order valence-electron chi connectivity index (χ2n) is 10.3. The zero-order chi connectivity index (χ0) is 28.5. The van der Waals surface area contributed by atoms with Gasteiger partial charge in [0.2, 0.25) is 11.8 Å². The summed E-state index contributed by atoms with van der Waals surface area (Å²) in [5, 5.41) is 8.89. The molecule has 2 heterocycles. The van der Waals surface area contributed by atoms with Gasteiger partial charge in [-0.15, -0.1) is 0 Å². The highest BCUT2D eigenvalue weighted by Crippen LogP contribution is 2.39. The third kappa shape index (κ3) is 8.27. The van der Waals surface area contributed by atoms with Gasteiger partial charge in [0.15, 0.2) is 0 Å². The number of nitrogens with zero attached hydrogens (tertiary/aromatic N) is 1. The molecule has 1 unspecified atom stereocenters. The number of alkyl halides is 3. The van der Waals surface area contributed by atoms with Crippen LogP contribution in [-0.2, 0) is 20.9 Å². The molecule has 2 aliphatic heterocycles. The molecule has 0 aromatic heterocycles. The molecule has 4 rings (SSSR count). The molecule has 2 amide bonds. The molecule has 0 aliphatic carbocycles. The Bertz CT molecular complexity index is 1140. The third-order valence-corrected chi connectivity index (χ3v) is 7.32. The first-order valence-electron chi connectivity index (χ1n) is 13.7. The Morgan fingerprint density at radius 2 is 1.75 bits per heavy atom. The topological polar surface area (TPSA) is 91.9 Å². The number of rotatable bonds is 12. The number of methoxy groups -OCH3 is 1. The van der Waals surface area contributed by atoms with Gasteiger partial charge >= 0.3 is 6.18 Å². The van der Waals surface area contributed by atoms with Crippen LogP contribution >= 0.6 is 0 Å². The summed E-state index contributed by atoms with van der Waals surface area (Å²) in [5.74, 6) is -1.20. The minimum Gasteiger partial charge on any atom is -0.491 e. The predicted molar refractivity (Wildman–Crippen MR) is 147 cm³/mol. The number of hydrogen-bond donors (Lipinski definition) is 3. The molecule has 2 fully saturated rings. The molecule has 2 aromatic carbocycles. The summed E-state index contributed by atoms with van der Waals surface area (Å²) in [6.45, 7) is 2.50. The first-order chi connectivity index (χ1) is 19.2. The number of anilines is 3. The van der Waals surface area contributed by atoms with E-state index in [2.05, 4.69) is 16.0 Å². The number of amides is 2. The third-order valence-electron chi connectivity index (χ3n) is 7.32. The van der Waals surface area contributed by atoms with Crippen molar-refractivity contribution in [1.82, 2.24) is 10.6 Å². The fourth-order valence-electron chi connectivity index (χ4n) is 4.94. The zero-order valence-electron chi connectivity index (χ0n) is 22.7. The van der Waals surface area contributed by atoms with Crippen LogP contribution < -0.4 is 25.6 Å². The Morgan fingerprint density at radius 3 is 2.40 bits per heavy atom. The average molecular weight is 563 g/mol. The lowest BCUT2D eigenvalue weighted by Crippen LogP contribution is -2.39. The molecule has 2 aromatic rings. The van der Waals surface area contributed by atoms with E-state index >= 15 is 0 Å². The molecule has 3 N–H and O–H groups in total. The van der Waals surface area contributed by atoms with Crippen LogP contribution in [0.25, 0.3) is 0 Å². The van der Waals surface area contributed by atoms with E-state index in [0.717, 1.165) is 35.5 Å². The summed E-state index contributed by atoms with van der Waals surface area (Å²) >= 11 is 0. The number of halogens is 3. The number of carbonyl (C=O) groups is 2. The van der Waals surface area contributed by atoms with Gasteiger partial charge in [0.1, 0.15) is 5.75 Å². The molecule has 0 saturated carbocycles. The monoisotopic (exact) mass is 562 g/mol. The van der Waals surface area contributed by atoms with Crippen molar-refractivity contribution < 1.29 is 32.2 Å². The van der Waals surface area contributed by atoms with E-state index < -0.39 is 12.1 Å². The fourth-order valence-corrected chi connectivity index (χ4v) is 4.94. The molecule has 2 aliphatic rings. The van der Waals surface area contributed by atoms with E-state index in [4.69, 9.17) is 9.47 Å². The van der Waals surface area contributed by atoms with Gasteiger partial charge < -0.3 is 30.3 Å². The number of carbonyl (C=O) groups excluding carboxylic acids is 2. The van der Waals surface area contributed by atoms with Crippen LogP contribution in [0.1, 0.15) is 37.7 Å². The molecule has 0 bridgehead atoms. The van der Waals surface area contributed by atoms with Crippen LogP contribution in [0.3, 0.4) is 0 Å². The van der Waals surface area contributed by atoms with Crippen molar-refractivity contribution in [2.75, 3.05) is 50.2 Å². The van der Waals surface area contributed by atoms with Crippen molar-refractivity contribution in [3.05, 3.63) is 48.0 Å². The van der Waals surface area contributed by atoms with Crippen molar-refractivity contribution in [2.24, 2.45) is 11.8 Å². The Labute approximate surface area is 232 Å². The molecule has 1 atom stereocenters. The van der Waals surface area contributed by atoms with Gasteiger partial charge in [-0.05, 0) is 55.5 Å². The van der Waals surface area contributed by atoms with Crippen LogP contribution in [-0.4, -0.2) is 57.9 Å². The SMILES string of the molecule is COCCCCOc1cc(Nc2ccc(CNC(=O)C3CNC(=O)C3)cc2)ccc1N1CCC(C(F)(F)F)CC1. The second kappa shape index (κ2) is 13.7. The van der Waals surface area contributed by atoms with Crippen LogP contribution in [0, 0.1) is 11.8 Å². The first kappa shape index (κ1) is 29.5. The average Bonchev–Trinajstić information content (AvgIpc) is 3.38. The van der Waals surface area contributed by atoms with Crippen molar-refractivity contribution in [3.8, 4) is 5.75 Å². The predicted octanol–water partition coefficient (Wildman–Crippen LogP) is 4.77. The lowest BCUT2D eigenvalue weighted by molar-refractivity contribution is -0.179. The fraction of sp³-hybridized carbons (Fsp3) is 0.517. The molecule has 11 heteroatoms. The lowest BCUT2D eigenvalue weighted by Gasteiger charge is -2.35. The van der Waals surface area contributed by atoms with Crippen LogP contribution in [0.5, 0.6) is 5.75 Å². The van der Waals surface area contributed by atoms with Crippen LogP contribution in [0.2, 0.25) is 0 Å². The van der Waals surface area contributed by atoms with Gasteiger partial charge in [-0.25, -0.2) is 0 Å². The summed E-state index contributed by atoms with van der Waals surface area (Å²) in [7, 11) is 1.65. The Balaban J connectivity index is 1.37. The number of unbranched alkanes of at least 4 members (excludes halogenated alkanes) is 1. The van der Waals surface area contributed by atoms with E-state index in [1.165, 1.54) is 0 Å². The van der Waals surface area contributed by atoms with E-state index in [-0.39, 0.29) is 37.0 Å². The minimum absolute atomic E-state index is 0.0687. The summed E-state index contributed by atoms with van der Waals surface area (Å²) in [6.07, 6.45) is -2.15. The maximum absolute atomic E-state index is 13.2. The number of hydrogen-bond acceptors (Lipinski definition) is 6. The minimum atomic E-state index is -4.16. The van der Waals surface area contributed by atoms with E-state index in [1.54, 1.807) is 7.11 Å². The zero-order valence-corrected chi connectivity index (χ0v) is 22.7. The number of benzene rings is 2. The molecule has 8 nitrogen and oxygen atoms in total. The standard InChI is InChI=1S/C29H37F3N4O4/c1-39-14-2-3-15-40-26-17-24(8-9-25(26)36-12-10-22(11-13-36)29(30,31)32)35-23-6-4-20(5-7-23)18-34-28(38)21-16-27(37)33-19-21/h4-9,17,21-22,35H,2-3,10-16,18-19H2,1H3,(H,33,37)(H,34,38). The van der Waals surface area contributed by atoms with Gasteiger partial charge in [-0.3, -0.25) is 9.59 Å². The van der Waals surface area contributed by atoms with Gasteiger partial charge in [0, 0.05) is 63.8 Å². The van der Waals surface area contributed by atoms with Gasteiger partial charge in [-0.1, -0.05) is 12.1 Å². The highest BCUT2D eigenvalue weighted by atomic mass is 19.4. The molecule has 0 radical (unpaired) electrons. The normalized spacial score (nSPS) is 17.9. The number of ether oxygens (including phenoxy) is 2. The Kier molecular flexibility index (Phi) is 10.1. The second-order valence-corrected chi connectivity index (χ2v) is 10.3. The van der Waals surface area contributed by atoms with Crippen molar-refractivity contribution >= 4 is 28.9 Å². The summed E-state index contributed by atoms with van der Waals surface area (Å²) in [4.78, 5) is 25.5. The van der Waals surface area contributed by atoms with Gasteiger partial charge in [0.05, 0.1) is 24.1 Å². The highest BCUT2D eigenvalue weighted by Gasteiger charge is 2.41.